The standard InChI is InChI=1S/C7H12O2.C6H15N/c1-3-4-5-6(2)7(8)9;1-4-7(5-2)6-3/h2-5H2,1H3,(H,8,9);4-6H2,1-3H3. The van der Waals surface area contributed by atoms with Crippen molar-refractivity contribution in [3.05, 3.63) is 12.2 Å². The van der Waals surface area contributed by atoms with E-state index in [4.69, 9.17) is 5.11 Å². The van der Waals surface area contributed by atoms with Gasteiger partial charge < -0.3 is 10.0 Å². The van der Waals surface area contributed by atoms with Crippen molar-refractivity contribution < 1.29 is 9.90 Å². The fourth-order valence-corrected chi connectivity index (χ4v) is 1.17. The van der Waals surface area contributed by atoms with Crippen molar-refractivity contribution >= 4 is 5.97 Å². The van der Waals surface area contributed by atoms with Crippen LogP contribution in [0.2, 0.25) is 0 Å². The van der Waals surface area contributed by atoms with Gasteiger partial charge in [0.15, 0.2) is 0 Å². The highest BCUT2D eigenvalue weighted by molar-refractivity contribution is 5.85. The number of carboxylic acid groups (broad SMARTS) is 1. The van der Waals surface area contributed by atoms with E-state index in [0.717, 1.165) is 12.8 Å². The first-order chi connectivity index (χ1) is 7.53. The Morgan fingerprint density at radius 2 is 1.56 bits per heavy atom. The maximum Gasteiger partial charge on any atom is 0.330 e. The molecule has 0 aliphatic heterocycles. The molecule has 0 aromatic rings. The van der Waals surface area contributed by atoms with Crippen molar-refractivity contribution in [3.63, 3.8) is 0 Å². The summed E-state index contributed by atoms with van der Waals surface area (Å²) in [7, 11) is 0. The summed E-state index contributed by atoms with van der Waals surface area (Å²) in [6.45, 7) is 15.5. The Bertz CT molecular complexity index is 181. The molecule has 16 heavy (non-hydrogen) atoms. The number of aliphatic carboxylic acids is 1. The van der Waals surface area contributed by atoms with E-state index in [1.807, 2.05) is 6.92 Å². The minimum absolute atomic E-state index is 0.317. The lowest BCUT2D eigenvalue weighted by Gasteiger charge is -2.13. The summed E-state index contributed by atoms with van der Waals surface area (Å²) in [5, 5.41) is 8.31. The molecule has 96 valence electrons. The lowest BCUT2D eigenvalue weighted by molar-refractivity contribution is -0.132. The summed E-state index contributed by atoms with van der Waals surface area (Å²) < 4.78 is 0. The van der Waals surface area contributed by atoms with Crippen LogP contribution in [0.5, 0.6) is 0 Å². The van der Waals surface area contributed by atoms with Gasteiger partial charge in [0.1, 0.15) is 0 Å². The molecule has 3 heteroatoms. The molecule has 0 fully saturated rings. The van der Waals surface area contributed by atoms with Crippen molar-refractivity contribution in [2.24, 2.45) is 0 Å². The SMILES string of the molecule is C=C(CCCC)C(=O)O.CCN(CC)CC. The zero-order chi connectivity index (χ0) is 13.0. The van der Waals surface area contributed by atoms with Crippen LogP contribution < -0.4 is 0 Å². The number of hydrogen-bond acceptors (Lipinski definition) is 2. The van der Waals surface area contributed by atoms with E-state index >= 15 is 0 Å². The molecule has 0 saturated heterocycles. The maximum absolute atomic E-state index is 10.1. The van der Waals surface area contributed by atoms with E-state index in [2.05, 4.69) is 32.3 Å². The zero-order valence-corrected chi connectivity index (χ0v) is 11.3. The first-order valence-corrected chi connectivity index (χ1v) is 6.16. The monoisotopic (exact) mass is 229 g/mol. The molecule has 0 spiro atoms. The van der Waals surface area contributed by atoms with Gasteiger partial charge in [-0.05, 0) is 32.5 Å². The molecule has 0 heterocycles. The Labute approximate surface area is 100 Å². The number of rotatable bonds is 7. The lowest BCUT2D eigenvalue weighted by atomic mass is 10.1. The molecular formula is C13H27NO2. The summed E-state index contributed by atoms with van der Waals surface area (Å²) in [6.07, 6.45) is 2.56. The third-order valence-corrected chi connectivity index (χ3v) is 2.48. The van der Waals surface area contributed by atoms with E-state index < -0.39 is 5.97 Å². The van der Waals surface area contributed by atoms with Crippen LogP contribution in [0.15, 0.2) is 12.2 Å². The minimum Gasteiger partial charge on any atom is -0.478 e. The van der Waals surface area contributed by atoms with Crippen LogP contribution in [0, 0.1) is 0 Å². The second kappa shape index (κ2) is 12.2. The highest BCUT2D eigenvalue weighted by Gasteiger charge is 2.00. The third-order valence-electron chi connectivity index (χ3n) is 2.48. The fourth-order valence-electron chi connectivity index (χ4n) is 1.17. The van der Waals surface area contributed by atoms with E-state index in [-0.39, 0.29) is 0 Å². The molecule has 0 radical (unpaired) electrons. The number of carboxylic acids is 1. The van der Waals surface area contributed by atoms with Gasteiger partial charge in [0.05, 0.1) is 0 Å². The molecule has 0 rings (SSSR count). The Morgan fingerprint density at radius 1 is 1.12 bits per heavy atom. The molecule has 0 bridgehead atoms. The Balaban J connectivity index is 0. The van der Waals surface area contributed by atoms with Crippen LogP contribution in [-0.4, -0.2) is 35.6 Å². The van der Waals surface area contributed by atoms with Gasteiger partial charge >= 0.3 is 5.97 Å². The van der Waals surface area contributed by atoms with Crippen molar-refractivity contribution in [3.8, 4) is 0 Å². The molecule has 0 aliphatic carbocycles. The van der Waals surface area contributed by atoms with Crippen molar-refractivity contribution in [2.75, 3.05) is 19.6 Å². The van der Waals surface area contributed by atoms with Crippen molar-refractivity contribution in [1.29, 1.82) is 0 Å². The van der Waals surface area contributed by atoms with Gasteiger partial charge in [0.25, 0.3) is 0 Å². The Hall–Kier alpha value is -0.830. The number of nitrogens with zero attached hydrogens (tertiary/aromatic N) is 1. The topological polar surface area (TPSA) is 40.5 Å². The number of carbonyl (C=O) groups is 1. The number of hydrogen-bond donors (Lipinski definition) is 1. The normalized spacial score (nSPS) is 9.56. The first kappa shape index (κ1) is 17.6. The van der Waals surface area contributed by atoms with Crippen LogP contribution >= 0.6 is 0 Å². The van der Waals surface area contributed by atoms with E-state index in [1.165, 1.54) is 19.6 Å². The number of unbranched alkanes of at least 4 members (excludes halogenated alkanes) is 1. The van der Waals surface area contributed by atoms with E-state index in [1.54, 1.807) is 0 Å². The highest BCUT2D eigenvalue weighted by Crippen LogP contribution is 2.03. The molecule has 0 saturated carbocycles. The molecule has 0 atom stereocenters. The van der Waals surface area contributed by atoms with Gasteiger partial charge in [-0.2, -0.15) is 0 Å². The van der Waals surface area contributed by atoms with Gasteiger partial charge in [-0.15, -0.1) is 0 Å². The molecule has 0 unspecified atom stereocenters. The maximum atomic E-state index is 10.1. The summed E-state index contributed by atoms with van der Waals surface area (Å²) in [5.41, 5.74) is 0.317. The summed E-state index contributed by atoms with van der Waals surface area (Å²) in [6, 6.07) is 0. The van der Waals surface area contributed by atoms with Crippen molar-refractivity contribution in [2.45, 2.75) is 47.0 Å². The Morgan fingerprint density at radius 3 is 1.75 bits per heavy atom. The van der Waals surface area contributed by atoms with Gasteiger partial charge in [0, 0.05) is 5.57 Å². The summed E-state index contributed by atoms with van der Waals surface area (Å²) >= 11 is 0. The van der Waals surface area contributed by atoms with Crippen LogP contribution in [0.3, 0.4) is 0 Å². The Kier molecular flexibility index (Phi) is 13.4. The molecule has 0 aromatic carbocycles. The molecular weight excluding hydrogens is 202 g/mol. The molecule has 3 nitrogen and oxygen atoms in total. The highest BCUT2D eigenvalue weighted by atomic mass is 16.4. The van der Waals surface area contributed by atoms with Crippen LogP contribution in [-0.2, 0) is 4.79 Å². The average Bonchev–Trinajstić information content (AvgIpc) is 2.29. The van der Waals surface area contributed by atoms with Gasteiger partial charge in [-0.1, -0.05) is 40.7 Å². The average molecular weight is 229 g/mol. The second-order valence-corrected chi connectivity index (χ2v) is 3.63. The molecule has 1 N–H and O–H groups in total. The molecule has 0 aliphatic rings. The van der Waals surface area contributed by atoms with Gasteiger partial charge in [-0.25, -0.2) is 4.79 Å². The van der Waals surface area contributed by atoms with Crippen LogP contribution in [0.1, 0.15) is 47.0 Å². The first-order valence-electron chi connectivity index (χ1n) is 6.16. The van der Waals surface area contributed by atoms with Gasteiger partial charge in [-0.3, -0.25) is 0 Å². The second-order valence-electron chi connectivity index (χ2n) is 3.63. The van der Waals surface area contributed by atoms with E-state index in [0.29, 0.717) is 12.0 Å². The largest absolute Gasteiger partial charge is 0.478 e. The fraction of sp³-hybridized carbons (Fsp3) is 0.769. The lowest BCUT2D eigenvalue weighted by Crippen LogP contribution is -2.21. The van der Waals surface area contributed by atoms with Gasteiger partial charge in [0.2, 0.25) is 0 Å². The summed E-state index contributed by atoms with van der Waals surface area (Å²) in [5.74, 6) is -0.872. The van der Waals surface area contributed by atoms with Crippen molar-refractivity contribution in [1.82, 2.24) is 4.90 Å². The van der Waals surface area contributed by atoms with Crippen LogP contribution in [0.4, 0.5) is 0 Å². The summed E-state index contributed by atoms with van der Waals surface area (Å²) in [4.78, 5) is 12.5. The molecule has 0 aromatic heterocycles. The van der Waals surface area contributed by atoms with Crippen LogP contribution in [0.25, 0.3) is 0 Å². The minimum atomic E-state index is -0.872. The zero-order valence-electron chi connectivity index (χ0n) is 11.3. The predicted octanol–water partition coefficient (Wildman–Crippen LogP) is 3.17. The quantitative estimate of drug-likeness (QED) is 0.682. The van der Waals surface area contributed by atoms with E-state index in [9.17, 15) is 4.79 Å². The predicted molar refractivity (Wildman–Crippen MR) is 69.8 cm³/mol. The third kappa shape index (κ3) is 11.2. The molecule has 0 amide bonds. The smallest absolute Gasteiger partial charge is 0.330 e.